The van der Waals surface area contributed by atoms with Crippen LogP contribution in [0.5, 0.6) is 0 Å². The average molecular weight is 346 g/mol. The molecule has 6 nitrogen and oxygen atoms in total. The molecule has 0 fully saturated rings. The van der Waals surface area contributed by atoms with Gasteiger partial charge in [-0.1, -0.05) is 41.9 Å². The smallest absolute Gasteiger partial charge is 0.249 e. The van der Waals surface area contributed by atoms with Gasteiger partial charge in [0.15, 0.2) is 0 Å². The minimum atomic E-state index is -0.647. The van der Waals surface area contributed by atoms with Crippen LogP contribution >= 0.6 is 11.6 Å². The SMILES string of the molecule is O=C(Nc1ccc(F)c(Cl)c1)[C@H](Cc1ccccc1)n1cnnn1. The first-order valence-electron chi connectivity index (χ1n) is 7.16. The van der Waals surface area contributed by atoms with Gasteiger partial charge in [0.1, 0.15) is 18.2 Å². The van der Waals surface area contributed by atoms with Crippen LogP contribution in [0.15, 0.2) is 54.9 Å². The monoisotopic (exact) mass is 345 g/mol. The number of hydrogen-bond donors (Lipinski definition) is 1. The Hall–Kier alpha value is -2.80. The molecule has 2 aromatic carbocycles. The van der Waals surface area contributed by atoms with E-state index in [1.807, 2.05) is 30.3 Å². The fourth-order valence-electron chi connectivity index (χ4n) is 2.25. The fourth-order valence-corrected chi connectivity index (χ4v) is 2.43. The van der Waals surface area contributed by atoms with E-state index < -0.39 is 11.9 Å². The van der Waals surface area contributed by atoms with Crippen molar-refractivity contribution < 1.29 is 9.18 Å². The quantitative estimate of drug-likeness (QED) is 0.771. The Morgan fingerprint density at radius 3 is 2.71 bits per heavy atom. The van der Waals surface area contributed by atoms with Gasteiger partial charge in [-0.25, -0.2) is 9.07 Å². The molecule has 0 bridgehead atoms. The maximum atomic E-state index is 13.2. The van der Waals surface area contributed by atoms with E-state index in [4.69, 9.17) is 11.6 Å². The van der Waals surface area contributed by atoms with Crippen LogP contribution in [0.4, 0.5) is 10.1 Å². The summed E-state index contributed by atoms with van der Waals surface area (Å²) in [5, 5.41) is 13.6. The second-order valence-corrected chi connectivity index (χ2v) is 5.52. The van der Waals surface area contributed by atoms with Crippen LogP contribution in [0, 0.1) is 5.82 Å². The third-order valence-corrected chi connectivity index (χ3v) is 3.74. The van der Waals surface area contributed by atoms with Gasteiger partial charge < -0.3 is 5.32 Å². The van der Waals surface area contributed by atoms with E-state index in [1.165, 1.54) is 29.2 Å². The van der Waals surface area contributed by atoms with Gasteiger partial charge in [-0.15, -0.1) is 5.10 Å². The second-order valence-electron chi connectivity index (χ2n) is 5.11. The number of nitrogens with one attached hydrogen (secondary N) is 1. The molecule has 24 heavy (non-hydrogen) atoms. The molecule has 1 aromatic heterocycles. The molecule has 122 valence electrons. The third kappa shape index (κ3) is 3.75. The molecular formula is C16H13ClFN5O. The van der Waals surface area contributed by atoms with Crippen molar-refractivity contribution in [1.29, 1.82) is 0 Å². The lowest BCUT2D eigenvalue weighted by Gasteiger charge is -2.16. The summed E-state index contributed by atoms with van der Waals surface area (Å²) in [7, 11) is 0. The topological polar surface area (TPSA) is 72.7 Å². The zero-order valence-electron chi connectivity index (χ0n) is 12.4. The van der Waals surface area contributed by atoms with Crippen molar-refractivity contribution in [2.45, 2.75) is 12.5 Å². The van der Waals surface area contributed by atoms with Crippen LogP contribution in [0.3, 0.4) is 0 Å². The first-order chi connectivity index (χ1) is 11.6. The zero-order chi connectivity index (χ0) is 16.9. The minimum Gasteiger partial charge on any atom is -0.324 e. The Morgan fingerprint density at radius 2 is 2.04 bits per heavy atom. The van der Waals surface area contributed by atoms with Crippen molar-refractivity contribution in [2.75, 3.05) is 5.32 Å². The Balaban J connectivity index is 1.82. The van der Waals surface area contributed by atoms with Crippen LogP contribution in [-0.2, 0) is 11.2 Å². The number of hydrogen-bond acceptors (Lipinski definition) is 4. The molecule has 1 N–H and O–H groups in total. The number of benzene rings is 2. The molecule has 0 aliphatic heterocycles. The standard InChI is InChI=1S/C16H13ClFN5O/c17-13-9-12(6-7-14(13)18)20-16(24)15(23-10-19-21-22-23)8-11-4-2-1-3-5-11/h1-7,9-10,15H,8H2,(H,20,24)/t15-/m0/s1. The molecule has 8 heteroatoms. The number of amides is 1. The Bertz CT molecular complexity index is 826. The number of rotatable bonds is 5. The molecule has 0 saturated carbocycles. The van der Waals surface area contributed by atoms with E-state index in [2.05, 4.69) is 20.8 Å². The summed E-state index contributed by atoms with van der Waals surface area (Å²) in [5.74, 6) is -0.871. The third-order valence-electron chi connectivity index (χ3n) is 3.45. The zero-order valence-corrected chi connectivity index (χ0v) is 13.2. The molecule has 0 aliphatic carbocycles. The van der Waals surface area contributed by atoms with Crippen molar-refractivity contribution in [1.82, 2.24) is 20.2 Å². The lowest BCUT2D eigenvalue weighted by molar-refractivity contribution is -0.119. The fraction of sp³-hybridized carbons (Fsp3) is 0.125. The predicted molar refractivity (Wildman–Crippen MR) is 87.0 cm³/mol. The molecule has 0 saturated heterocycles. The van der Waals surface area contributed by atoms with E-state index >= 15 is 0 Å². The van der Waals surface area contributed by atoms with Crippen molar-refractivity contribution in [3.05, 3.63) is 71.3 Å². The van der Waals surface area contributed by atoms with Crippen LogP contribution in [0.1, 0.15) is 11.6 Å². The highest BCUT2D eigenvalue weighted by Crippen LogP contribution is 2.21. The molecule has 1 amide bonds. The first kappa shape index (κ1) is 16.1. The highest BCUT2D eigenvalue weighted by molar-refractivity contribution is 6.31. The normalized spacial score (nSPS) is 11.9. The van der Waals surface area contributed by atoms with Crippen LogP contribution in [0.2, 0.25) is 5.02 Å². The van der Waals surface area contributed by atoms with E-state index in [-0.39, 0.29) is 10.9 Å². The molecule has 3 rings (SSSR count). The van der Waals surface area contributed by atoms with Crippen molar-refractivity contribution in [2.24, 2.45) is 0 Å². The molecular weight excluding hydrogens is 333 g/mol. The maximum Gasteiger partial charge on any atom is 0.249 e. The Kier molecular flexibility index (Phi) is 4.81. The van der Waals surface area contributed by atoms with E-state index in [0.29, 0.717) is 12.1 Å². The summed E-state index contributed by atoms with van der Waals surface area (Å²) in [6, 6.07) is 12.9. The highest BCUT2D eigenvalue weighted by atomic mass is 35.5. The summed E-state index contributed by atoms with van der Waals surface area (Å²) >= 11 is 5.74. The van der Waals surface area contributed by atoms with Gasteiger partial charge in [0.25, 0.3) is 0 Å². The van der Waals surface area contributed by atoms with Crippen LogP contribution in [-0.4, -0.2) is 26.1 Å². The first-order valence-corrected chi connectivity index (χ1v) is 7.53. The molecule has 1 atom stereocenters. The number of tetrazole rings is 1. The summed E-state index contributed by atoms with van der Waals surface area (Å²) in [4.78, 5) is 12.6. The molecule has 1 heterocycles. The number of aromatic nitrogens is 4. The number of carbonyl (C=O) groups is 1. The largest absolute Gasteiger partial charge is 0.324 e. The minimum absolute atomic E-state index is 0.0603. The summed E-state index contributed by atoms with van der Waals surface area (Å²) in [5.41, 5.74) is 1.36. The van der Waals surface area contributed by atoms with E-state index in [1.54, 1.807) is 0 Å². The summed E-state index contributed by atoms with van der Waals surface area (Å²) in [6.07, 6.45) is 1.79. The van der Waals surface area contributed by atoms with E-state index in [0.717, 1.165) is 5.56 Å². The lowest BCUT2D eigenvalue weighted by Crippen LogP contribution is -2.28. The average Bonchev–Trinajstić information content (AvgIpc) is 3.11. The van der Waals surface area contributed by atoms with Crippen molar-refractivity contribution in [3.63, 3.8) is 0 Å². The number of carbonyl (C=O) groups excluding carboxylic acids is 1. The van der Waals surface area contributed by atoms with Crippen LogP contribution < -0.4 is 5.32 Å². The number of halogens is 2. The predicted octanol–water partition coefficient (Wildman–Crippen LogP) is 2.89. The van der Waals surface area contributed by atoms with Crippen molar-refractivity contribution >= 4 is 23.2 Å². The van der Waals surface area contributed by atoms with Gasteiger partial charge >= 0.3 is 0 Å². The van der Waals surface area contributed by atoms with Crippen LogP contribution in [0.25, 0.3) is 0 Å². The summed E-state index contributed by atoms with van der Waals surface area (Å²) in [6.45, 7) is 0. The van der Waals surface area contributed by atoms with Gasteiger partial charge in [0, 0.05) is 12.1 Å². The molecule has 0 unspecified atom stereocenters. The molecule has 0 radical (unpaired) electrons. The van der Waals surface area contributed by atoms with Gasteiger partial charge in [-0.2, -0.15) is 0 Å². The molecule has 0 aliphatic rings. The van der Waals surface area contributed by atoms with Gasteiger partial charge in [0.05, 0.1) is 5.02 Å². The van der Waals surface area contributed by atoms with Crippen molar-refractivity contribution in [3.8, 4) is 0 Å². The number of anilines is 1. The molecule has 3 aromatic rings. The van der Waals surface area contributed by atoms with E-state index in [9.17, 15) is 9.18 Å². The lowest BCUT2D eigenvalue weighted by atomic mass is 10.1. The van der Waals surface area contributed by atoms with Gasteiger partial charge in [0.2, 0.25) is 5.91 Å². The summed E-state index contributed by atoms with van der Waals surface area (Å²) < 4.78 is 14.6. The highest BCUT2D eigenvalue weighted by Gasteiger charge is 2.22. The van der Waals surface area contributed by atoms with Gasteiger partial charge in [-0.3, -0.25) is 4.79 Å². The Labute approximate surface area is 142 Å². The Morgan fingerprint density at radius 1 is 1.25 bits per heavy atom. The maximum absolute atomic E-state index is 13.2. The van der Waals surface area contributed by atoms with Gasteiger partial charge in [-0.05, 0) is 34.2 Å². The second kappa shape index (κ2) is 7.18. The number of nitrogens with zero attached hydrogens (tertiary/aromatic N) is 4. The molecule has 0 spiro atoms.